The Labute approximate surface area is 165 Å². The van der Waals surface area contributed by atoms with E-state index in [0.717, 1.165) is 18.4 Å². The zero-order valence-corrected chi connectivity index (χ0v) is 17.2. The second-order valence-corrected chi connectivity index (χ2v) is 8.92. The van der Waals surface area contributed by atoms with E-state index in [0.29, 0.717) is 30.4 Å². The van der Waals surface area contributed by atoms with Crippen molar-refractivity contribution in [2.75, 3.05) is 26.7 Å². The molecule has 0 spiro atoms. The lowest BCUT2D eigenvalue weighted by atomic mass is 9.98. The summed E-state index contributed by atoms with van der Waals surface area (Å²) < 4.78 is 38.3. The van der Waals surface area contributed by atoms with E-state index in [-0.39, 0.29) is 23.3 Å². The average Bonchev–Trinajstić information content (AvgIpc) is 3.04. The Morgan fingerprint density at radius 1 is 1.29 bits per heavy atom. The number of sulfonamides is 1. The zero-order chi connectivity index (χ0) is 20.3. The number of amides is 1. The lowest BCUT2D eigenvalue weighted by molar-refractivity contribution is 0.0642. The molecule has 1 amide bonds. The molecule has 1 N–H and O–H groups in total. The molecule has 0 bridgehead atoms. The number of benzene rings is 1. The van der Waals surface area contributed by atoms with Gasteiger partial charge in [-0.2, -0.15) is 0 Å². The highest BCUT2D eigenvalue weighted by atomic mass is 32.2. The minimum Gasteiger partial charge on any atom is -0.497 e. The van der Waals surface area contributed by atoms with Crippen LogP contribution in [0.5, 0.6) is 5.75 Å². The molecule has 0 radical (unpaired) electrons. The smallest absolute Gasteiger partial charge is 0.289 e. The highest BCUT2D eigenvalue weighted by Crippen LogP contribution is 2.22. The molecule has 1 aliphatic rings. The molecule has 3 rings (SSSR count). The molecule has 1 saturated heterocycles. The van der Waals surface area contributed by atoms with Crippen molar-refractivity contribution in [3.8, 4) is 5.75 Å². The highest BCUT2D eigenvalue weighted by Gasteiger charge is 2.28. The topological polar surface area (TPSA) is 88.9 Å². The van der Waals surface area contributed by atoms with E-state index in [1.54, 1.807) is 17.0 Å². The van der Waals surface area contributed by atoms with Crippen LogP contribution in [0.3, 0.4) is 0 Å². The molecule has 8 heteroatoms. The largest absolute Gasteiger partial charge is 0.497 e. The first-order valence-corrected chi connectivity index (χ1v) is 10.8. The normalized spacial score (nSPS) is 17.5. The van der Waals surface area contributed by atoms with Gasteiger partial charge in [-0.1, -0.05) is 0 Å². The van der Waals surface area contributed by atoms with E-state index >= 15 is 0 Å². The van der Waals surface area contributed by atoms with Crippen molar-refractivity contribution in [3.63, 3.8) is 0 Å². The van der Waals surface area contributed by atoms with E-state index in [1.807, 2.05) is 19.9 Å². The minimum absolute atomic E-state index is 0.0575. The Bertz CT molecular complexity index is 934. The Hall–Kier alpha value is -2.32. The number of carbonyl (C=O) groups excluding carboxylic acids is 1. The Balaban J connectivity index is 1.61. The van der Waals surface area contributed by atoms with Crippen molar-refractivity contribution in [1.82, 2.24) is 9.62 Å². The molecule has 2 heterocycles. The standard InChI is InChI=1S/C20H26N2O5S/c1-14-11-15(2)27-19(14)20(23)22-10-4-5-16(13-22)12-21-28(24,25)18-8-6-17(26-3)7-9-18/h6-9,11,16,21H,4-5,10,12-13H2,1-3H3/t16-/m0/s1. The Morgan fingerprint density at radius 2 is 2.00 bits per heavy atom. The van der Waals surface area contributed by atoms with E-state index in [4.69, 9.17) is 9.15 Å². The van der Waals surface area contributed by atoms with E-state index in [2.05, 4.69) is 4.72 Å². The summed E-state index contributed by atoms with van der Waals surface area (Å²) in [7, 11) is -2.07. The van der Waals surface area contributed by atoms with E-state index in [1.165, 1.54) is 19.2 Å². The van der Waals surface area contributed by atoms with Gasteiger partial charge in [-0.05, 0) is 62.9 Å². The summed E-state index contributed by atoms with van der Waals surface area (Å²) in [5.41, 5.74) is 0.824. The van der Waals surface area contributed by atoms with Gasteiger partial charge < -0.3 is 14.1 Å². The molecule has 0 unspecified atom stereocenters. The maximum absolute atomic E-state index is 12.7. The molecule has 1 atom stereocenters. The summed E-state index contributed by atoms with van der Waals surface area (Å²) in [6.45, 7) is 5.11. The zero-order valence-electron chi connectivity index (χ0n) is 16.4. The van der Waals surface area contributed by atoms with Crippen LogP contribution < -0.4 is 9.46 Å². The number of piperidine rings is 1. The van der Waals surface area contributed by atoms with Crippen LogP contribution in [0.25, 0.3) is 0 Å². The van der Waals surface area contributed by atoms with Crippen LogP contribution in [-0.2, 0) is 10.0 Å². The van der Waals surface area contributed by atoms with Gasteiger partial charge in [0.1, 0.15) is 11.5 Å². The number of ether oxygens (including phenoxy) is 1. The van der Waals surface area contributed by atoms with Crippen molar-refractivity contribution < 1.29 is 22.4 Å². The predicted molar refractivity (Wildman–Crippen MR) is 105 cm³/mol. The van der Waals surface area contributed by atoms with Crippen molar-refractivity contribution in [2.24, 2.45) is 5.92 Å². The number of hydrogen-bond acceptors (Lipinski definition) is 5. The Morgan fingerprint density at radius 3 is 2.61 bits per heavy atom. The molecule has 1 fully saturated rings. The van der Waals surface area contributed by atoms with Gasteiger partial charge in [-0.3, -0.25) is 4.79 Å². The fourth-order valence-corrected chi connectivity index (χ4v) is 4.60. The lowest BCUT2D eigenvalue weighted by Crippen LogP contribution is -2.43. The molecular formula is C20H26N2O5S. The lowest BCUT2D eigenvalue weighted by Gasteiger charge is -2.32. The first kappa shape index (κ1) is 20.4. The van der Waals surface area contributed by atoms with Gasteiger partial charge in [-0.15, -0.1) is 0 Å². The predicted octanol–water partition coefficient (Wildman–Crippen LogP) is 2.74. The maximum Gasteiger partial charge on any atom is 0.289 e. The van der Waals surface area contributed by atoms with Crippen LogP contribution in [0.1, 0.15) is 34.7 Å². The molecule has 0 aliphatic carbocycles. The fraction of sp³-hybridized carbons (Fsp3) is 0.450. The summed E-state index contributed by atoms with van der Waals surface area (Å²) in [6, 6.07) is 8.10. The number of nitrogens with zero attached hydrogens (tertiary/aromatic N) is 1. The number of nitrogens with one attached hydrogen (secondary N) is 1. The van der Waals surface area contributed by atoms with Gasteiger partial charge in [0.05, 0.1) is 12.0 Å². The second kappa shape index (κ2) is 8.36. The summed E-state index contributed by atoms with van der Waals surface area (Å²) in [5, 5.41) is 0. The minimum atomic E-state index is -3.61. The maximum atomic E-state index is 12.7. The van der Waals surface area contributed by atoms with Gasteiger partial charge in [0.25, 0.3) is 5.91 Å². The molecule has 1 aromatic heterocycles. The SMILES string of the molecule is COc1ccc(S(=O)(=O)NC[C@@H]2CCCN(C(=O)c3oc(C)cc3C)C2)cc1. The summed E-state index contributed by atoms with van der Waals surface area (Å²) >= 11 is 0. The third-order valence-corrected chi connectivity index (χ3v) is 6.41. The molecule has 2 aromatic rings. The number of rotatable bonds is 6. The monoisotopic (exact) mass is 406 g/mol. The van der Waals surface area contributed by atoms with E-state index in [9.17, 15) is 13.2 Å². The van der Waals surface area contributed by atoms with Crippen LogP contribution in [0, 0.1) is 19.8 Å². The average molecular weight is 407 g/mol. The molecule has 7 nitrogen and oxygen atoms in total. The highest BCUT2D eigenvalue weighted by molar-refractivity contribution is 7.89. The summed E-state index contributed by atoms with van der Waals surface area (Å²) in [4.78, 5) is 14.7. The second-order valence-electron chi connectivity index (χ2n) is 7.16. The molecule has 1 aromatic carbocycles. The first-order chi connectivity index (χ1) is 13.3. The fourth-order valence-electron chi connectivity index (χ4n) is 3.48. The third-order valence-electron chi connectivity index (χ3n) is 4.97. The third kappa shape index (κ3) is 4.56. The van der Waals surface area contributed by atoms with E-state index < -0.39 is 10.0 Å². The Kier molecular flexibility index (Phi) is 6.10. The van der Waals surface area contributed by atoms with Crippen molar-refractivity contribution in [2.45, 2.75) is 31.6 Å². The van der Waals surface area contributed by atoms with Crippen LogP contribution in [0.15, 0.2) is 39.6 Å². The number of furan rings is 1. The molecule has 0 saturated carbocycles. The quantitative estimate of drug-likeness (QED) is 0.797. The number of carbonyl (C=O) groups is 1. The van der Waals surface area contributed by atoms with Crippen molar-refractivity contribution >= 4 is 15.9 Å². The van der Waals surface area contributed by atoms with Crippen LogP contribution in [0.2, 0.25) is 0 Å². The molecule has 152 valence electrons. The van der Waals surface area contributed by atoms with Gasteiger partial charge >= 0.3 is 0 Å². The van der Waals surface area contributed by atoms with Crippen LogP contribution in [0.4, 0.5) is 0 Å². The summed E-state index contributed by atoms with van der Waals surface area (Å²) in [5.74, 6) is 1.61. The van der Waals surface area contributed by atoms with Crippen LogP contribution in [-0.4, -0.2) is 46.0 Å². The van der Waals surface area contributed by atoms with Gasteiger partial charge in [0, 0.05) is 25.2 Å². The molecular weight excluding hydrogens is 380 g/mol. The number of aryl methyl sites for hydroxylation is 2. The van der Waals surface area contributed by atoms with Gasteiger partial charge in [-0.25, -0.2) is 13.1 Å². The number of methoxy groups -OCH3 is 1. The van der Waals surface area contributed by atoms with Crippen LogP contribution >= 0.6 is 0 Å². The molecule has 1 aliphatic heterocycles. The van der Waals surface area contributed by atoms with Gasteiger partial charge in [0.15, 0.2) is 5.76 Å². The van der Waals surface area contributed by atoms with Crippen molar-refractivity contribution in [3.05, 3.63) is 47.4 Å². The first-order valence-electron chi connectivity index (χ1n) is 9.30. The molecule has 28 heavy (non-hydrogen) atoms. The number of likely N-dealkylation sites (tertiary alicyclic amines) is 1. The van der Waals surface area contributed by atoms with Gasteiger partial charge in [0.2, 0.25) is 10.0 Å². The summed E-state index contributed by atoms with van der Waals surface area (Å²) in [6.07, 6.45) is 1.70. The van der Waals surface area contributed by atoms with Crippen molar-refractivity contribution in [1.29, 1.82) is 0 Å². The number of hydrogen-bond donors (Lipinski definition) is 1.